The number of nitrogens with zero attached hydrogens (tertiary/aromatic N) is 1. The van der Waals surface area contributed by atoms with Crippen molar-refractivity contribution in [3.05, 3.63) is 11.8 Å². The maximum Gasteiger partial charge on any atom is 0.254 e. The Morgan fingerprint density at radius 2 is 2.28 bits per heavy atom. The molecule has 1 aromatic heterocycles. The zero-order valence-corrected chi connectivity index (χ0v) is 11.4. The van der Waals surface area contributed by atoms with Gasteiger partial charge in [0, 0.05) is 23.8 Å². The van der Waals surface area contributed by atoms with Gasteiger partial charge in [-0.1, -0.05) is 27.7 Å². The van der Waals surface area contributed by atoms with Gasteiger partial charge in [-0.2, -0.15) is 5.10 Å². The molecule has 0 bridgehead atoms. The van der Waals surface area contributed by atoms with E-state index in [0.29, 0.717) is 12.4 Å². The van der Waals surface area contributed by atoms with Crippen molar-refractivity contribution in [3.8, 4) is 0 Å². The molecule has 2 atom stereocenters. The molecule has 0 spiro atoms. The predicted octanol–water partition coefficient (Wildman–Crippen LogP) is 2.07. The number of carbonyl (C=O) groups excluding carboxylic acids is 1. The van der Waals surface area contributed by atoms with Crippen LogP contribution in [0.3, 0.4) is 0 Å². The van der Waals surface area contributed by atoms with Gasteiger partial charge in [0.1, 0.15) is 6.10 Å². The Balaban J connectivity index is 2.01. The molecule has 1 aliphatic rings. The van der Waals surface area contributed by atoms with Crippen molar-refractivity contribution in [3.63, 3.8) is 0 Å². The number of rotatable bonds is 2. The molecule has 1 aromatic rings. The van der Waals surface area contributed by atoms with Gasteiger partial charge in [0.2, 0.25) is 0 Å². The van der Waals surface area contributed by atoms with Crippen molar-refractivity contribution in [2.24, 2.45) is 5.92 Å². The van der Waals surface area contributed by atoms with E-state index in [2.05, 4.69) is 36.3 Å². The zero-order valence-electron chi connectivity index (χ0n) is 11.4. The van der Waals surface area contributed by atoms with Crippen LogP contribution in [0.15, 0.2) is 6.07 Å². The lowest BCUT2D eigenvalue weighted by Crippen LogP contribution is -2.31. The van der Waals surface area contributed by atoms with E-state index in [4.69, 9.17) is 4.74 Å². The first kappa shape index (κ1) is 13.1. The molecule has 1 fully saturated rings. The van der Waals surface area contributed by atoms with E-state index in [1.165, 1.54) is 0 Å². The summed E-state index contributed by atoms with van der Waals surface area (Å²) in [5.74, 6) is 0.727. The summed E-state index contributed by atoms with van der Waals surface area (Å²) < 4.78 is 5.42. The van der Waals surface area contributed by atoms with Gasteiger partial charge in [0.15, 0.2) is 5.82 Å². The Kier molecular flexibility index (Phi) is 3.43. The average Bonchev–Trinajstić information content (AvgIpc) is 2.85. The van der Waals surface area contributed by atoms with Gasteiger partial charge < -0.3 is 10.1 Å². The number of carbonyl (C=O) groups is 1. The number of aromatic amines is 1. The first-order chi connectivity index (χ1) is 8.38. The third-order valence-electron chi connectivity index (χ3n) is 3.28. The normalized spacial score (nSPS) is 24.2. The van der Waals surface area contributed by atoms with Crippen LogP contribution in [0.4, 0.5) is 5.82 Å². The second kappa shape index (κ2) is 4.72. The van der Waals surface area contributed by atoms with Crippen LogP contribution in [0.25, 0.3) is 0 Å². The third kappa shape index (κ3) is 2.72. The van der Waals surface area contributed by atoms with Crippen LogP contribution >= 0.6 is 0 Å². The van der Waals surface area contributed by atoms with Crippen molar-refractivity contribution >= 4 is 11.7 Å². The smallest absolute Gasteiger partial charge is 0.254 e. The molecule has 1 amide bonds. The number of hydrogen-bond acceptors (Lipinski definition) is 3. The first-order valence-electron chi connectivity index (χ1n) is 6.36. The highest BCUT2D eigenvalue weighted by Crippen LogP contribution is 2.24. The standard InChI is InChI=1S/C13H21N3O2/c1-8-5-6-18-11(8)12(17)14-10-7-9(15-16-10)13(2,3)4/h7-8,11H,5-6H2,1-4H3,(H2,14,15,16,17). The van der Waals surface area contributed by atoms with Crippen molar-refractivity contribution in [1.29, 1.82) is 0 Å². The Hall–Kier alpha value is -1.36. The Morgan fingerprint density at radius 1 is 1.56 bits per heavy atom. The summed E-state index contributed by atoms with van der Waals surface area (Å²) in [4.78, 5) is 12.0. The molecule has 5 heteroatoms. The van der Waals surface area contributed by atoms with Gasteiger partial charge >= 0.3 is 0 Å². The Bertz CT molecular complexity index is 434. The second-order valence-corrected chi connectivity index (χ2v) is 5.96. The van der Waals surface area contributed by atoms with E-state index < -0.39 is 0 Å². The van der Waals surface area contributed by atoms with Crippen molar-refractivity contribution in [2.75, 3.05) is 11.9 Å². The summed E-state index contributed by atoms with van der Waals surface area (Å²) >= 11 is 0. The number of amides is 1. The molecule has 2 rings (SSSR count). The monoisotopic (exact) mass is 251 g/mol. The van der Waals surface area contributed by atoms with Crippen LogP contribution < -0.4 is 5.32 Å². The minimum atomic E-state index is -0.347. The van der Waals surface area contributed by atoms with Crippen LogP contribution in [-0.2, 0) is 14.9 Å². The topological polar surface area (TPSA) is 67.0 Å². The van der Waals surface area contributed by atoms with Gasteiger partial charge in [0.25, 0.3) is 5.91 Å². The quantitative estimate of drug-likeness (QED) is 0.845. The molecule has 0 aliphatic carbocycles. The molecule has 0 radical (unpaired) electrons. The SMILES string of the molecule is CC1CCOC1C(=O)Nc1cc(C(C)(C)C)[nH]n1. The summed E-state index contributed by atoms with van der Waals surface area (Å²) in [7, 11) is 0. The predicted molar refractivity (Wildman–Crippen MR) is 69.4 cm³/mol. The molecule has 100 valence electrons. The lowest BCUT2D eigenvalue weighted by atomic mass is 9.92. The lowest BCUT2D eigenvalue weighted by molar-refractivity contribution is -0.126. The first-order valence-corrected chi connectivity index (χ1v) is 6.36. The molecule has 1 aliphatic heterocycles. The van der Waals surface area contributed by atoms with Gasteiger partial charge in [-0.05, 0) is 12.3 Å². The summed E-state index contributed by atoms with van der Waals surface area (Å²) in [6.07, 6.45) is 0.589. The number of nitrogens with one attached hydrogen (secondary N) is 2. The highest BCUT2D eigenvalue weighted by atomic mass is 16.5. The highest BCUT2D eigenvalue weighted by Gasteiger charge is 2.31. The summed E-state index contributed by atoms with van der Waals surface area (Å²) in [5.41, 5.74) is 0.992. The summed E-state index contributed by atoms with van der Waals surface area (Å²) in [5, 5.41) is 9.85. The number of ether oxygens (including phenoxy) is 1. The van der Waals surface area contributed by atoms with Crippen LogP contribution in [0.5, 0.6) is 0 Å². The third-order valence-corrected chi connectivity index (χ3v) is 3.28. The Morgan fingerprint density at radius 3 is 2.78 bits per heavy atom. The van der Waals surface area contributed by atoms with E-state index >= 15 is 0 Å². The maximum atomic E-state index is 12.0. The number of aromatic nitrogens is 2. The fourth-order valence-corrected chi connectivity index (χ4v) is 2.00. The van der Waals surface area contributed by atoms with E-state index in [9.17, 15) is 4.79 Å². The molecule has 18 heavy (non-hydrogen) atoms. The molecule has 2 heterocycles. The summed E-state index contributed by atoms with van der Waals surface area (Å²) in [6, 6.07) is 1.87. The summed E-state index contributed by atoms with van der Waals surface area (Å²) in [6.45, 7) is 8.96. The number of anilines is 1. The second-order valence-electron chi connectivity index (χ2n) is 5.96. The van der Waals surface area contributed by atoms with Crippen LogP contribution in [0.1, 0.15) is 39.8 Å². The Labute approximate surface area is 107 Å². The van der Waals surface area contributed by atoms with E-state index in [1.807, 2.05) is 13.0 Å². The molecule has 2 N–H and O–H groups in total. The maximum absolute atomic E-state index is 12.0. The number of H-pyrrole nitrogens is 1. The molecule has 5 nitrogen and oxygen atoms in total. The van der Waals surface area contributed by atoms with Crippen LogP contribution in [0.2, 0.25) is 0 Å². The molecular formula is C13H21N3O2. The molecule has 0 aromatic carbocycles. The van der Waals surface area contributed by atoms with Gasteiger partial charge in [-0.15, -0.1) is 0 Å². The molecular weight excluding hydrogens is 230 g/mol. The van der Waals surface area contributed by atoms with Gasteiger partial charge in [0.05, 0.1) is 0 Å². The van der Waals surface area contributed by atoms with Crippen molar-refractivity contribution in [2.45, 2.75) is 45.6 Å². The molecule has 0 saturated carbocycles. The lowest BCUT2D eigenvalue weighted by Gasteiger charge is -2.15. The average molecular weight is 251 g/mol. The van der Waals surface area contributed by atoms with Gasteiger partial charge in [-0.25, -0.2) is 0 Å². The zero-order chi connectivity index (χ0) is 13.3. The van der Waals surface area contributed by atoms with Crippen LogP contribution in [0, 0.1) is 5.92 Å². The fraction of sp³-hybridized carbons (Fsp3) is 0.692. The van der Waals surface area contributed by atoms with E-state index in [-0.39, 0.29) is 23.3 Å². The molecule has 1 saturated heterocycles. The van der Waals surface area contributed by atoms with E-state index in [0.717, 1.165) is 12.1 Å². The van der Waals surface area contributed by atoms with Crippen LogP contribution in [-0.4, -0.2) is 28.8 Å². The highest BCUT2D eigenvalue weighted by molar-refractivity contribution is 5.93. The number of hydrogen-bond donors (Lipinski definition) is 2. The fourth-order valence-electron chi connectivity index (χ4n) is 2.00. The molecule has 2 unspecified atom stereocenters. The van der Waals surface area contributed by atoms with E-state index in [1.54, 1.807) is 0 Å². The minimum Gasteiger partial charge on any atom is -0.368 e. The largest absolute Gasteiger partial charge is 0.368 e. The minimum absolute atomic E-state index is 0.00682. The van der Waals surface area contributed by atoms with Gasteiger partial charge in [-0.3, -0.25) is 9.89 Å². The van der Waals surface area contributed by atoms with Crippen molar-refractivity contribution in [1.82, 2.24) is 10.2 Å². The van der Waals surface area contributed by atoms with Crippen molar-refractivity contribution < 1.29 is 9.53 Å².